The molecule has 2 aromatic rings. The Hall–Kier alpha value is -1.32. The van der Waals surface area contributed by atoms with Gasteiger partial charge in [-0.1, -0.05) is 57.2 Å². The first-order valence-corrected chi connectivity index (χ1v) is 9.13. The van der Waals surface area contributed by atoms with Crippen molar-refractivity contribution in [3.05, 3.63) is 52.2 Å². The number of rotatable bonds is 10. The summed E-state index contributed by atoms with van der Waals surface area (Å²) in [4.78, 5) is 0.973. The van der Waals surface area contributed by atoms with E-state index in [4.69, 9.17) is 4.74 Å². The fourth-order valence-corrected chi connectivity index (χ4v) is 3.17. The highest BCUT2D eigenvalue weighted by atomic mass is 32.1. The van der Waals surface area contributed by atoms with Crippen LogP contribution in [0.15, 0.2) is 41.8 Å². The van der Waals surface area contributed by atoms with Gasteiger partial charge in [-0.2, -0.15) is 0 Å². The van der Waals surface area contributed by atoms with Crippen molar-refractivity contribution in [1.29, 1.82) is 0 Å². The van der Waals surface area contributed by atoms with Gasteiger partial charge in [0.25, 0.3) is 0 Å². The normalized spacial score (nSPS) is 12.3. The monoisotopic (exact) mass is 318 g/mol. The smallest absolute Gasteiger partial charge is 0.119 e. The Morgan fingerprint density at radius 2 is 1.73 bits per heavy atom. The van der Waals surface area contributed by atoms with Crippen molar-refractivity contribution >= 4 is 11.3 Å². The molecule has 1 heterocycles. The Kier molecular flexibility index (Phi) is 7.47. The van der Waals surface area contributed by atoms with E-state index in [-0.39, 0.29) is 0 Å². The van der Waals surface area contributed by atoms with Crippen LogP contribution in [-0.4, -0.2) is 11.7 Å². The van der Waals surface area contributed by atoms with Crippen LogP contribution < -0.4 is 4.74 Å². The van der Waals surface area contributed by atoms with Crippen LogP contribution in [0.25, 0.3) is 0 Å². The number of aliphatic hydroxyl groups is 1. The number of ether oxygens (including phenoxy) is 1. The summed E-state index contributed by atoms with van der Waals surface area (Å²) in [6.45, 7) is 3.01. The Bertz CT molecular complexity index is 505. The summed E-state index contributed by atoms with van der Waals surface area (Å²) in [5.41, 5.74) is 0.911. The third-order valence-electron chi connectivity index (χ3n) is 3.78. The van der Waals surface area contributed by atoms with E-state index in [0.29, 0.717) is 0 Å². The molecule has 0 bridgehead atoms. The number of unbranched alkanes of at least 4 members (excludes halogenated alkanes) is 5. The quantitative estimate of drug-likeness (QED) is 0.580. The molecular formula is C19H26O2S. The highest BCUT2D eigenvalue weighted by molar-refractivity contribution is 7.10. The SMILES string of the molecule is CCCCCCCCOc1ccc(C(O)c2cccs2)cc1. The molecule has 0 saturated heterocycles. The first-order valence-electron chi connectivity index (χ1n) is 8.25. The molecule has 0 aliphatic rings. The van der Waals surface area contributed by atoms with Crippen LogP contribution in [-0.2, 0) is 0 Å². The van der Waals surface area contributed by atoms with Gasteiger partial charge in [-0.05, 0) is 35.6 Å². The number of thiophene rings is 1. The van der Waals surface area contributed by atoms with Crippen molar-refractivity contribution in [3.63, 3.8) is 0 Å². The zero-order valence-electron chi connectivity index (χ0n) is 13.3. The van der Waals surface area contributed by atoms with Crippen molar-refractivity contribution in [3.8, 4) is 5.75 Å². The van der Waals surface area contributed by atoms with Crippen LogP contribution in [0, 0.1) is 0 Å². The summed E-state index contributed by atoms with van der Waals surface area (Å²) in [7, 11) is 0. The zero-order chi connectivity index (χ0) is 15.6. The van der Waals surface area contributed by atoms with Crippen molar-refractivity contribution < 1.29 is 9.84 Å². The van der Waals surface area contributed by atoms with E-state index < -0.39 is 6.10 Å². The fraction of sp³-hybridized carbons (Fsp3) is 0.474. The number of hydrogen-bond donors (Lipinski definition) is 1. The first kappa shape index (κ1) is 17.0. The lowest BCUT2D eigenvalue weighted by molar-refractivity contribution is 0.224. The molecule has 1 atom stereocenters. The van der Waals surface area contributed by atoms with Crippen molar-refractivity contribution in [1.82, 2.24) is 0 Å². The molecule has 0 amide bonds. The maximum Gasteiger partial charge on any atom is 0.119 e. The Morgan fingerprint density at radius 1 is 1.00 bits per heavy atom. The van der Waals surface area contributed by atoms with Gasteiger partial charge >= 0.3 is 0 Å². The summed E-state index contributed by atoms with van der Waals surface area (Å²) in [5, 5.41) is 12.2. The molecule has 2 rings (SSSR count). The number of benzene rings is 1. The van der Waals surface area contributed by atoms with E-state index in [1.54, 1.807) is 11.3 Å². The average Bonchev–Trinajstić information content (AvgIpc) is 3.08. The lowest BCUT2D eigenvalue weighted by Crippen LogP contribution is -1.99. The van der Waals surface area contributed by atoms with Crippen molar-refractivity contribution in [2.75, 3.05) is 6.61 Å². The van der Waals surface area contributed by atoms with Crippen LogP contribution in [0.5, 0.6) is 5.75 Å². The molecule has 0 fully saturated rings. The van der Waals surface area contributed by atoms with E-state index in [9.17, 15) is 5.11 Å². The van der Waals surface area contributed by atoms with Gasteiger partial charge in [0, 0.05) is 4.88 Å². The lowest BCUT2D eigenvalue weighted by Gasteiger charge is -2.11. The van der Waals surface area contributed by atoms with Crippen LogP contribution in [0.2, 0.25) is 0 Å². The Morgan fingerprint density at radius 3 is 2.41 bits per heavy atom. The predicted octanol–water partition coefficient (Wildman–Crippen LogP) is 5.57. The average molecular weight is 318 g/mol. The second-order valence-electron chi connectivity index (χ2n) is 5.60. The fourth-order valence-electron chi connectivity index (χ4n) is 2.43. The predicted molar refractivity (Wildman–Crippen MR) is 93.7 cm³/mol. The van der Waals surface area contributed by atoms with Gasteiger partial charge in [0.1, 0.15) is 11.9 Å². The lowest BCUT2D eigenvalue weighted by atomic mass is 10.1. The van der Waals surface area contributed by atoms with E-state index in [2.05, 4.69) is 6.92 Å². The van der Waals surface area contributed by atoms with E-state index in [1.165, 1.54) is 32.1 Å². The molecule has 1 aromatic carbocycles. The number of aliphatic hydroxyl groups excluding tert-OH is 1. The third-order valence-corrected chi connectivity index (χ3v) is 4.70. The minimum Gasteiger partial charge on any atom is -0.494 e. The molecule has 22 heavy (non-hydrogen) atoms. The molecule has 1 N–H and O–H groups in total. The first-order chi connectivity index (χ1) is 10.8. The van der Waals surface area contributed by atoms with Gasteiger partial charge < -0.3 is 9.84 Å². The van der Waals surface area contributed by atoms with Gasteiger partial charge in [-0.15, -0.1) is 11.3 Å². The summed E-state index contributed by atoms with van der Waals surface area (Å²) in [5.74, 6) is 0.885. The van der Waals surface area contributed by atoms with Crippen LogP contribution in [0.3, 0.4) is 0 Å². The summed E-state index contributed by atoms with van der Waals surface area (Å²) < 4.78 is 5.76. The Labute approximate surface area is 137 Å². The highest BCUT2D eigenvalue weighted by Crippen LogP contribution is 2.27. The second-order valence-corrected chi connectivity index (χ2v) is 6.58. The van der Waals surface area contributed by atoms with Crippen molar-refractivity contribution in [2.45, 2.75) is 51.6 Å². The summed E-state index contributed by atoms with van der Waals surface area (Å²) in [6.07, 6.45) is 7.11. The molecule has 0 aliphatic heterocycles. The van der Waals surface area contributed by atoms with Gasteiger partial charge in [0.15, 0.2) is 0 Å². The molecule has 1 aromatic heterocycles. The molecule has 120 valence electrons. The van der Waals surface area contributed by atoms with Gasteiger partial charge in [0.05, 0.1) is 6.61 Å². The van der Waals surface area contributed by atoms with Crippen LogP contribution >= 0.6 is 11.3 Å². The minimum absolute atomic E-state index is 0.535. The van der Waals surface area contributed by atoms with Crippen LogP contribution in [0.4, 0.5) is 0 Å². The highest BCUT2D eigenvalue weighted by Gasteiger charge is 2.11. The minimum atomic E-state index is -0.535. The van der Waals surface area contributed by atoms with Gasteiger partial charge in [-0.3, -0.25) is 0 Å². The molecule has 0 radical (unpaired) electrons. The van der Waals surface area contributed by atoms with Gasteiger partial charge in [-0.25, -0.2) is 0 Å². The molecule has 0 aliphatic carbocycles. The topological polar surface area (TPSA) is 29.5 Å². The van der Waals surface area contributed by atoms with Crippen molar-refractivity contribution in [2.24, 2.45) is 0 Å². The molecule has 3 heteroatoms. The van der Waals surface area contributed by atoms with E-state index in [1.807, 2.05) is 41.8 Å². The molecule has 0 spiro atoms. The third kappa shape index (κ3) is 5.47. The second kappa shape index (κ2) is 9.65. The summed E-state index contributed by atoms with van der Waals surface area (Å²) in [6, 6.07) is 11.7. The largest absolute Gasteiger partial charge is 0.494 e. The molecule has 1 unspecified atom stereocenters. The van der Waals surface area contributed by atoms with Crippen LogP contribution in [0.1, 0.15) is 62.0 Å². The maximum absolute atomic E-state index is 10.3. The zero-order valence-corrected chi connectivity index (χ0v) is 14.1. The van der Waals surface area contributed by atoms with E-state index in [0.717, 1.165) is 29.2 Å². The van der Waals surface area contributed by atoms with Gasteiger partial charge in [0.2, 0.25) is 0 Å². The molecule has 0 saturated carbocycles. The Balaban J connectivity index is 1.71. The maximum atomic E-state index is 10.3. The molecule has 2 nitrogen and oxygen atoms in total. The summed E-state index contributed by atoms with van der Waals surface area (Å²) >= 11 is 1.57. The van der Waals surface area contributed by atoms with E-state index >= 15 is 0 Å². The standard InChI is InChI=1S/C19H26O2S/c1-2-3-4-5-6-7-14-21-17-12-10-16(11-13-17)19(20)18-9-8-15-22-18/h8-13,15,19-20H,2-7,14H2,1H3. The number of hydrogen-bond acceptors (Lipinski definition) is 3. The molecular weight excluding hydrogens is 292 g/mol.